The lowest BCUT2D eigenvalue weighted by Gasteiger charge is -2.20. The van der Waals surface area contributed by atoms with Crippen LogP contribution in [0.5, 0.6) is 0 Å². The molecule has 4 rings (SSSR count). The number of benzene rings is 2. The lowest BCUT2D eigenvalue weighted by atomic mass is 9.99. The molecular formula is C25H17ClF4N2O4. The van der Waals surface area contributed by atoms with E-state index in [0.717, 1.165) is 18.2 Å². The van der Waals surface area contributed by atoms with Crippen molar-refractivity contribution < 1.29 is 31.9 Å². The van der Waals surface area contributed by atoms with Crippen molar-refractivity contribution >= 4 is 34.2 Å². The predicted octanol–water partition coefficient (Wildman–Crippen LogP) is 6.85. The lowest BCUT2D eigenvalue weighted by Crippen LogP contribution is -2.15. The maximum absolute atomic E-state index is 14.1. The van der Waals surface area contributed by atoms with E-state index in [2.05, 4.69) is 10.3 Å². The fourth-order valence-electron chi connectivity index (χ4n) is 3.68. The van der Waals surface area contributed by atoms with Gasteiger partial charge in [0, 0.05) is 17.2 Å². The number of nitrogens with zero attached hydrogens (tertiary/aromatic N) is 1. The fraction of sp³-hybridized carbons (Fsp3) is 0.160. The minimum atomic E-state index is -4.78. The number of aromatic carboxylic acids is 1. The number of halogens is 5. The van der Waals surface area contributed by atoms with Crippen LogP contribution in [0.25, 0.3) is 22.3 Å². The van der Waals surface area contributed by atoms with Crippen LogP contribution in [-0.4, -0.2) is 16.1 Å². The van der Waals surface area contributed by atoms with Gasteiger partial charge in [-0.15, -0.1) is 0 Å². The normalized spacial score (nSPS) is 12.5. The Labute approximate surface area is 206 Å². The van der Waals surface area contributed by atoms with Gasteiger partial charge in [0.2, 0.25) is 0 Å². The average Bonchev–Trinajstić information content (AvgIpc) is 2.80. The zero-order valence-electron chi connectivity index (χ0n) is 18.7. The number of aromatic nitrogens is 1. The van der Waals surface area contributed by atoms with Crippen LogP contribution in [0.4, 0.5) is 23.2 Å². The molecule has 1 unspecified atom stereocenters. The molecule has 11 heteroatoms. The Morgan fingerprint density at radius 2 is 1.86 bits per heavy atom. The van der Waals surface area contributed by atoms with Gasteiger partial charge < -0.3 is 14.8 Å². The monoisotopic (exact) mass is 520 g/mol. The van der Waals surface area contributed by atoms with Gasteiger partial charge in [-0.3, -0.25) is 4.79 Å². The number of alkyl halides is 3. The summed E-state index contributed by atoms with van der Waals surface area (Å²) in [6.45, 7) is 3.02. The van der Waals surface area contributed by atoms with Crippen molar-refractivity contribution in [3.8, 4) is 11.3 Å². The second kappa shape index (κ2) is 9.27. The number of rotatable bonds is 5. The van der Waals surface area contributed by atoms with E-state index in [9.17, 15) is 32.3 Å². The Morgan fingerprint density at radius 1 is 1.14 bits per heavy atom. The predicted molar refractivity (Wildman–Crippen MR) is 126 cm³/mol. The number of pyridine rings is 1. The Bertz CT molecular complexity index is 1570. The number of anilines is 1. The van der Waals surface area contributed by atoms with Gasteiger partial charge in [0.05, 0.1) is 22.7 Å². The first-order chi connectivity index (χ1) is 16.8. The van der Waals surface area contributed by atoms with Crippen molar-refractivity contribution in [2.45, 2.75) is 26.1 Å². The molecule has 4 aromatic rings. The van der Waals surface area contributed by atoms with Crippen molar-refractivity contribution in [3.05, 3.63) is 92.1 Å². The average molecular weight is 521 g/mol. The SMILES string of the molecule is Cc1ccc(-c2cc(=O)c3cc(C(F)(F)F)cc(C(C)Nc4ccc(Cl)nc4C(=O)O)c3o2)cc1F. The van der Waals surface area contributed by atoms with E-state index < -0.39 is 40.7 Å². The molecule has 2 aromatic carbocycles. The van der Waals surface area contributed by atoms with E-state index in [0.29, 0.717) is 11.6 Å². The number of carboxylic acids is 1. The summed E-state index contributed by atoms with van der Waals surface area (Å²) in [5.74, 6) is -2.00. The molecule has 1 atom stereocenters. The molecule has 0 saturated heterocycles. The smallest absolute Gasteiger partial charge is 0.416 e. The second-order valence-corrected chi connectivity index (χ2v) is 8.47. The topological polar surface area (TPSA) is 92.4 Å². The van der Waals surface area contributed by atoms with Gasteiger partial charge in [-0.2, -0.15) is 13.2 Å². The molecule has 2 aromatic heterocycles. The second-order valence-electron chi connectivity index (χ2n) is 8.08. The third-order valence-electron chi connectivity index (χ3n) is 5.54. The molecule has 186 valence electrons. The zero-order valence-corrected chi connectivity index (χ0v) is 19.5. The number of hydrogen-bond acceptors (Lipinski definition) is 5. The van der Waals surface area contributed by atoms with E-state index in [1.54, 1.807) is 6.92 Å². The van der Waals surface area contributed by atoms with Crippen LogP contribution in [0.2, 0.25) is 5.15 Å². The van der Waals surface area contributed by atoms with E-state index in [1.807, 2.05) is 0 Å². The molecule has 0 bridgehead atoms. The molecule has 2 heterocycles. The van der Waals surface area contributed by atoms with Gasteiger partial charge >= 0.3 is 12.1 Å². The maximum Gasteiger partial charge on any atom is 0.416 e. The van der Waals surface area contributed by atoms with Crippen molar-refractivity contribution in [2.24, 2.45) is 0 Å². The summed E-state index contributed by atoms with van der Waals surface area (Å²) in [7, 11) is 0. The summed E-state index contributed by atoms with van der Waals surface area (Å²) in [6.07, 6.45) is -4.78. The zero-order chi connectivity index (χ0) is 26.4. The third-order valence-corrected chi connectivity index (χ3v) is 5.75. The maximum atomic E-state index is 14.1. The highest BCUT2D eigenvalue weighted by Gasteiger charge is 2.33. The molecule has 36 heavy (non-hydrogen) atoms. The highest BCUT2D eigenvalue weighted by molar-refractivity contribution is 6.29. The van der Waals surface area contributed by atoms with Crippen LogP contribution in [0.1, 0.15) is 40.1 Å². The first kappa shape index (κ1) is 25.2. The van der Waals surface area contributed by atoms with E-state index in [1.165, 1.54) is 31.2 Å². The summed E-state index contributed by atoms with van der Waals surface area (Å²) in [5.41, 5.74) is -1.95. The molecule has 0 fully saturated rings. The molecule has 0 radical (unpaired) electrons. The molecule has 2 N–H and O–H groups in total. The Morgan fingerprint density at radius 3 is 2.50 bits per heavy atom. The largest absolute Gasteiger partial charge is 0.476 e. The summed E-state index contributed by atoms with van der Waals surface area (Å²) in [4.78, 5) is 28.2. The number of carboxylic acid groups (broad SMARTS) is 1. The number of aryl methyl sites for hydroxylation is 1. The number of carbonyl (C=O) groups is 1. The molecule has 0 aliphatic heterocycles. The van der Waals surface area contributed by atoms with Crippen molar-refractivity contribution in [1.82, 2.24) is 4.98 Å². The van der Waals surface area contributed by atoms with Crippen LogP contribution in [-0.2, 0) is 6.18 Å². The molecule has 0 aliphatic rings. The van der Waals surface area contributed by atoms with Crippen LogP contribution < -0.4 is 10.7 Å². The molecule has 6 nitrogen and oxygen atoms in total. The fourth-order valence-corrected chi connectivity index (χ4v) is 3.83. The van der Waals surface area contributed by atoms with Gasteiger partial charge in [0.25, 0.3) is 0 Å². The summed E-state index contributed by atoms with van der Waals surface area (Å²) >= 11 is 5.77. The van der Waals surface area contributed by atoms with E-state index >= 15 is 0 Å². The van der Waals surface area contributed by atoms with Crippen LogP contribution >= 0.6 is 11.6 Å². The quantitative estimate of drug-likeness (QED) is 0.221. The summed E-state index contributed by atoms with van der Waals surface area (Å²) < 4.78 is 61.0. The molecule has 0 aliphatic carbocycles. The number of nitrogens with one attached hydrogen (secondary N) is 1. The van der Waals surface area contributed by atoms with Gasteiger partial charge in [-0.1, -0.05) is 23.7 Å². The molecule has 0 spiro atoms. The number of fused-ring (bicyclic) bond motifs is 1. The van der Waals surface area contributed by atoms with Crippen molar-refractivity contribution in [3.63, 3.8) is 0 Å². The van der Waals surface area contributed by atoms with Crippen LogP contribution in [0, 0.1) is 12.7 Å². The van der Waals surface area contributed by atoms with E-state index in [-0.39, 0.29) is 38.7 Å². The Hall–Kier alpha value is -3.92. The third kappa shape index (κ3) is 4.90. The van der Waals surface area contributed by atoms with Gasteiger partial charge in [0.15, 0.2) is 11.1 Å². The summed E-state index contributed by atoms with van der Waals surface area (Å²) in [6, 6.07) is 8.31. The Balaban J connectivity index is 1.92. The minimum absolute atomic E-state index is 0.0101. The molecule has 0 amide bonds. The van der Waals surface area contributed by atoms with Gasteiger partial charge in [0.1, 0.15) is 22.3 Å². The minimum Gasteiger partial charge on any atom is -0.476 e. The van der Waals surface area contributed by atoms with Gasteiger partial charge in [-0.25, -0.2) is 14.2 Å². The van der Waals surface area contributed by atoms with Crippen molar-refractivity contribution in [2.75, 3.05) is 5.32 Å². The molecule has 0 saturated carbocycles. The standard InChI is InChI=1S/C25H17ClF4N2O4/c1-11-3-4-13(7-17(11)27)20-10-19(33)16-9-14(25(28,29)30)8-15(23(16)36-20)12(2)31-18-5-6-21(26)32-22(18)24(34)35/h3-10,12,31H,1-2H3,(H,34,35). The highest BCUT2D eigenvalue weighted by Crippen LogP contribution is 2.37. The highest BCUT2D eigenvalue weighted by atomic mass is 35.5. The first-order valence-corrected chi connectivity index (χ1v) is 10.8. The lowest BCUT2D eigenvalue weighted by molar-refractivity contribution is -0.137. The van der Waals surface area contributed by atoms with Gasteiger partial charge in [-0.05, 0) is 49.7 Å². The Kier molecular flexibility index (Phi) is 6.48. The molecular weight excluding hydrogens is 504 g/mol. The first-order valence-electron chi connectivity index (χ1n) is 10.5. The van der Waals surface area contributed by atoms with E-state index in [4.69, 9.17) is 16.0 Å². The number of hydrogen-bond donors (Lipinski definition) is 2. The van der Waals surface area contributed by atoms with Crippen molar-refractivity contribution in [1.29, 1.82) is 0 Å². The van der Waals surface area contributed by atoms with Crippen LogP contribution in [0.15, 0.2) is 57.7 Å². The van der Waals surface area contributed by atoms with Crippen LogP contribution in [0.3, 0.4) is 0 Å². The summed E-state index contributed by atoms with van der Waals surface area (Å²) in [5, 5.41) is 11.8.